The van der Waals surface area contributed by atoms with Gasteiger partial charge in [0.1, 0.15) is 0 Å². The second-order valence-corrected chi connectivity index (χ2v) is 5.95. The molecule has 0 aromatic carbocycles. The number of hydrogen-bond donors (Lipinski definition) is 1. The number of rotatable bonds is 8. The Morgan fingerprint density at radius 2 is 1.88 bits per heavy atom. The molecule has 1 N–H and O–H groups in total. The second kappa shape index (κ2) is 7.38. The number of aliphatic hydroxyl groups is 1. The van der Waals surface area contributed by atoms with E-state index in [1.165, 1.54) is 51.5 Å². The van der Waals surface area contributed by atoms with Crippen molar-refractivity contribution in [2.75, 3.05) is 19.7 Å². The number of hydrogen-bond acceptors (Lipinski definition) is 2. The van der Waals surface area contributed by atoms with Crippen LogP contribution >= 0.6 is 0 Å². The maximum Gasteiger partial charge on any atom is 0.0499 e. The lowest BCUT2D eigenvalue weighted by molar-refractivity contribution is 0.0593. The van der Waals surface area contributed by atoms with Crippen LogP contribution in [0, 0.1) is 5.41 Å². The quantitative estimate of drug-likeness (QED) is 0.703. The largest absolute Gasteiger partial charge is 0.396 e. The van der Waals surface area contributed by atoms with Gasteiger partial charge in [0.15, 0.2) is 0 Å². The van der Waals surface area contributed by atoms with Gasteiger partial charge in [-0.3, -0.25) is 0 Å². The SMILES string of the molecule is CCCCN(CC1(CO)CCCC1)C(C)CC. The fourth-order valence-corrected chi connectivity index (χ4v) is 3.00. The van der Waals surface area contributed by atoms with Crippen molar-refractivity contribution < 1.29 is 5.11 Å². The smallest absolute Gasteiger partial charge is 0.0499 e. The van der Waals surface area contributed by atoms with Gasteiger partial charge in [-0.2, -0.15) is 0 Å². The predicted molar refractivity (Wildman–Crippen MR) is 74.2 cm³/mol. The summed E-state index contributed by atoms with van der Waals surface area (Å²) in [5.74, 6) is 0. The molecule has 0 aromatic heterocycles. The number of nitrogens with zero attached hydrogens (tertiary/aromatic N) is 1. The lowest BCUT2D eigenvalue weighted by atomic mass is 9.86. The Labute approximate surface area is 107 Å². The first kappa shape index (κ1) is 15.0. The third kappa shape index (κ3) is 4.26. The first-order valence-electron chi connectivity index (χ1n) is 7.52. The molecular formula is C15H31NO. The Kier molecular flexibility index (Phi) is 6.50. The van der Waals surface area contributed by atoms with Gasteiger partial charge >= 0.3 is 0 Å². The molecule has 0 bridgehead atoms. The molecule has 102 valence electrons. The van der Waals surface area contributed by atoms with Crippen LogP contribution in [0.5, 0.6) is 0 Å². The predicted octanol–water partition coefficient (Wildman–Crippen LogP) is 3.44. The second-order valence-electron chi connectivity index (χ2n) is 5.95. The summed E-state index contributed by atoms with van der Waals surface area (Å²) in [5.41, 5.74) is 0.219. The summed E-state index contributed by atoms with van der Waals surface area (Å²) in [4.78, 5) is 2.62. The lowest BCUT2D eigenvalue weighted by Gasteiger charge is -2.37. The number of aliphatic hydroxyl groups excluding tert-OH is 1. The Hall–Kier alpha value is -0.0800. The third-order valence-electron chi connectivity index (χ3n) is 4.55. The van der Waals surface area contributed by atoms with Crippen molar-refractivity contribution in [3.8, 4) is 0 Å². The molecule has 1 aliphatic rings. The van der Waals surface area contributed by atoms with Gasteiger partial charge in [-0.05, 0) is 39.2 Å². The van der Waals surface area contributed by atoms with Crippen LogP contribution < -0.4 is 0 Å². The van der Waals surface area contributed by atoms with Crippen molar-refractivity contribution in [2.24, 2.45) is 5.41 Å². The van der Waals surface area contributed by atoms with Crippen LogP contribution in [-0.4, -0.2) is 35.7 Å². The van der Waals surface area contributed by atoms with E-state index in [0.29, 0.717) is 12.6 Å². The summed E-state index contributed by atoms with van der Waals surface area (Å²) in [6.45, 7) is 9.55. The van der Waals surface area contributed by atoms with E-state index in [0.717, 1.165) is 6.54 Å². The molecule has 1 rings (SSSR count). The van der Waals surface area contributed by atoms with Crippen molar-refractivity contribution in [1.29, 1.82) is 0 Å². The molecule has 1 atom stereocenters. The van der Waals surface area contributed by atoms with Crippen LogP contribution in [0.15, 0.2) is 0 Å². The van der Waals surface area contributed by atoms with Gasteiger partial charge in [-0.1, -0.05) is 33.1 Å². The summed E-state index contributed by atoms with van der Waals surface area (Å²) >= 11 is 0. The molecule has 1 unspecified atom stereocenters. The molecule has 0 saturated heterocycles. The summed E-state index contributed by atoms with van der Waals surface area (Å²) in [5, 5.41) is 9.72. The normalized spacial score (nSPS) is 21.0. The summed E-state index contributed by atoms with van der Waals surface area (Å²) in [6.07, 6.45) is 8.83. The standard InChI is InChI=1S/C15H31NO/c1-4-6-11-16(14(3)5-2)12-15(13-17)9-7-8-10-15/h14,17H,4-13H2,1-3H3. The van der Waals surface area contributed by atoms with Crippen LogP contribution in [-0.2, 0) is 0 Å². The molecule has 0 amide bonds. The highest BCUT2D eigenvalue weighted by molar-refractivity contribution is 4.88. The summed E-state index contributed by atoms with van der Waals surface area (Å²) in [6, 6.07) is 0.658. The van der Waals surface area contributed by atoms with Gasteiger partial charge in [0, 0.05) is 24.6 Å². The van der Waals surface area contributed by atoms with E-state index in [4.69, 9.17) is 0 Å². The van der Waals surface area contributed by atoms with E-state index in [9.17, 15) is 5.11 Å². The van der Waals surface area contributed by atoms with Gasteiger partial charge in [0.25, 0.3) is 0 Å². The van der Waals surface area contributed by atoms with Gasteiger partial charge < -0.3 is 10.0 Å². The minimum absolute atomic E-state index is 0.219. The molecule has 1 fully saturated rings. The molecule has 1 saturated carbocycles. The highest BCUT2D eigenvalue weighted by Crippen LogP contribution is 2.38. The first-order chi connectivity index (χ1) is 8.17. The minimum Gasteiger partial charge on any atom is -0.396 e. The van der Waals surface area contributed by atoms with Crippen molar-refractivity contribution in [2.45, 2.75) is 71.8 Å². The van der Waals surface area contributed by atoms with Crippen LogP contribution in [0.1, 0.15) is 65.7 Å². The molecular weight excluding hydrogens is 210 g/mol. The molecule has 2 heteroatoms. The molecule has 0 heterocycles. The minimum atomic E-state index is 0.219. The van der Waals surface area contributed by atoms with Crippen molar-refractivity contribution in [3.05, 3.63) is 0 Å². The van der Waals surface area contributed by atoms with E-state index >= 15 is 0 Å². The molecule has 0 spiro atoms. The van der Waals surface area contributed by atoms with Gasteiger partial charge in [-0.25, -0.2) is 0 Å². The Bertz CT molecular complexity index is 199. The zero-order chi connectivity index (χ0) is 12.7. The van der Waals surface area contributed by atoms with Crippen LogP contribution in [0.3, 0.4) is 0 Å². The molecule has 2 nitrogen and oxygen atoms in total. The fraction of sp³-hybridized carbons (Fsp3) is 1.00. The third-order valence-corrected chi connectivity index (χ3v) is 4.55. The summed E-state index contributed by atoms with van der Waals surface area (Å²) < 4.78 is 0. The molecule has 1 aliphatic carbocycles. The van der Waals surface area contributed by atoms with E-state index in [2.05, 4.69) is 25.7 Å². The van der Waals surface area contributed by atoms with Gasteiger partial charge in [0.05, 0.1) is 0 Å². The van der Waals surface area contributed by atoms with Crippen molar-refractivity contribution >= 4 is 0 Å². The van der Waals surface area contributed by atoms with E-state index in [1.54, 1.807) is 0 Å². The van der Waals surface area contributed by atoms with Crippen LogP contribution in [0.25, 0.3) is 0 Å². The molecule has 0 aromatic rings. The average Bonchev–Trinajstić information content (AvgIpc) is 2.82. The number of unbranched alkanes of at least 4 members (excludes halogenated alkanes) is 1. The summed E-state index contributed by atoms with van der Waals surface area (Å²) in [7, 11) is 0. The highest BCUT2D eigenvalue weighted by atomic mass is 16.3. The zero-order valence-electron chi connectivity index (χ0n) is 12.0. The lowest BCUT2D eigenvalue weighted by Crippen LogP contribution is -2.43. The highest BCUT2D eigenvalue weighted by Gasteiger charge is 2.35. The molecule has 0 radical (unpaired) electrons. The van der Waals surface area contributed by atoms with E-state index < -0.39 is 0 Å². The first-order valence-corrected chi connectivity index (χ1v) is 7.52. The Morgan fingerprint density at radius 1 is 1.24 bits per heavy atom. The van der Waals surface area contributed by atoms with Gasteiger partial charge in [0.2, 0.25) is 0 Å². The monoisotopic (exact) mass is 241 g/mol. The zero-order valence-corrected chi connectivity index (χ0v) is 12.0. The Balaban J connectivity index is 2.56. The van der Waals surface area contributed by atoms with E-state index in [1.807, 2.05) is 0 Å². The van der Waals surface area contributed by atoms with E-state index in [-0.39, 0.29) is 5.41 Å². The van der Waals surface area contributed by atoms with Crippen LogP contribution in [0.4, 0.5) is 0 Å². The van der Waals surface area contributed by atoms with Crippen molar-refractivity contribution in [1.82, 2.24) is 4.90 Å². The van der Waals surface area contributed by atoms with Crippen molar-refractivity contribution in [3.63, 3.8) is 0 Å². The fourth-order valence-electron chi connectivity index (χ4n) is 3.00. The molecule has 17 heavy (non-hydrogen) atoms. The maximum absolute atomic E-state index is 9.72. The Morgan fingerprint density at radius 3 is 2.35 bits per heavy atom. The molecule has 0 aliphatic heterocycles. The van der Waals surface area contributed by atoms with Gasteiger partial charge in [-0.15, -0.1) is 0 Å². The topological polar surface area (TPSA) is 23.5 Å². The maximum atomic E-state index is 9.72. The average molecular weight is 241 g/mol. The van der Waals surface area contributed by atoms with Crippen LogP contribution in [0.2, 0.25) is 0 Å².